The Morgan fingerprint density at radius 3 is 2.08 bits per heavy atom. The van der Waals surface area contributed by atoms with Gasteiger partial charge in [-0.25, -0.2) is 8.42 Å². The third kappa shape index (κ3) is 7.63. The van der Waals surface area contributed by atoms with Gasteiger partial charge < -0.3 is 15.0 Å². The van der Waals surface area contributed by atoms with Crippen LogP contribution >= 0.6 is 0 Å². The van der Waals surface area contributed by atoms with Gasteiger partial charge in [0.1, 0.15) is 18.3 Å². The van der Waals surface area contributed by atoms with Crippen LogP contribution in [-0.4, -0.2) is 50.4 Å². The monoisotopic (exact) mass is 565 g/mol. The number of carbonyl (C=O) groups is 2. The number of sulfonamides is 1. The Balaban J connectivity index is 2.07. The molecule has 8 nitrogen and oxygen atoms in total. The fourth-order valence-corrected chi connectivity index (χ4v) is 5.88. The van der Waals surface area contributed by atoms with Crippen LogP contribution in [0.5, 0.6) is 5.75 Å². The van der Waals surface area contributed by atoms with E-state index >= 15 is 0 Å². The number of hydrogen-bond donors (Lipinski definition) is 1. The van der Waals surface area contributed by atoms with E-state index < -0.39 is 34.1 Å². The number of nitrogens with one attached hydrogen (secondary N) is 1. The summed E-state index contributed by atoms with van der Waals surface area (Å²) in [5, 5.41) is 2.98. The molecule has 2 amide bonds. The third-order valence-corrected chi connectivity index (χ3v) is 8.16. The zero-order valence-electron chi connectivity index (χ0n) is 24.0. The number of benzene rings is 3. The van der Waals surface area contributed by atoms with Gasteiger partial charge in [-0.05, 0) is 75.6 Å². The molecule has 0 heterocycles. The molecular weight excluding hydrogens is 526 g/mol. The lowest BCUT2D eigenvalue weighted by atomic mass is 10.1. The van der Waals surface area contributed by atoms with Gasteiger partial charge >= 0.3 is 0 Å². The van der Waals surface area contributed by atoms with Crippen molar-refractivity contribution >= 4 is 27.5 Å². The molecule has 1 N–H and O–H groups in total. The van der Waals surface area contributed by atoms with Gasteiger partial charge in [0.15, 0.2) is 0 Å². The summed E-state index contributed by atoms with van der Waals surface area (Å²) in [5.74, 6) is -0.126. The second-order valence-corrected chi connectivity index (χ2v) is 12.5. The molecule has 3 rings (SSSR count). The zero-order chi connectivity index (χ0) is 29.5. The molecule has 0 aliphatic rings. The van der Waals surface area contributed by atoms with E-state index in [1.807, 2.05) is 45.9 Å². The fourth-order valence-electron chi connectivity index (χ4n) is 4.38. The second-order valence-electron chi connectivity index (χ2n) is 10.6. The largest absolute Gasteiger partial charge is 0.497 e. The van der Waals surface area contributed by atoms with Crippen LogP contribution in [-0.2, 0) is 26.2 Å². The highest BCUT2D eigenvalue weighted by Gasteiger charge is 2.35. The molecule has 0 radical (unpaired) electrons. The van der Waals surface area contributed by atoms with Crippen LogP contribution in [0.25, 0.3) is 0 Å². The van der Waals surface area contributed by atoms with Crippen molar-refractivity contribution in [2.24, 2.45) is 0 Å². The van der Waals surface area contributed by atoms with Crippen molar-refractivity contribution in [1.29, 1.82) is 0 Å². The maximum absolute atomic E-state index is 14.1. The van der Waals surface area contributed by atoms with E-state index in [-0.39, 0.29) is 17.3 Å². The maximum Gasteiger partial charge on any atom is 0.264 e. The Hall–Kier alpha value is -3.85. The van der Waals surface area contributed by atoms with Crippen molar-refractivity contribution in [2.45, 2.75) is 64.1 Å². The number of aryl methyl sites for hydroxylation is 1. The number of methoxy groups -OCH3 is 1. The minimum absolute atomic E-state index is 0.0743. The number of rotatable bonds is 11. The predicted molar refractivity (Wildman–Crippen MR) is 158 cm³/mol. The molecule has 0 unspecified atom stereocenters. The summed E-state index contributed by atoms with van der Waals surface area (Å²) in [6.45, 7) is 8.90. The highest BCUT2D eigenvalue weighted by atomic mass is 32.2. The van der Waals surface area contributed by atoms with Crippen LogP contribution < -0.4 is 14.4 Å². The summed E-state index contributed by atoms with van der Waals surface area (Å²) >= 11 is 0. The molecule has 0 saturated carbocycles. The highest BCUT2D eigenvalue weighted by Crippen LogP contribution is 2.27. The Bertz CT molecular complexity index is 1400. The number of carbonyl (C=O) groups excluding carboxylic acids is 2. The van der Waals surface area contributed by atoms with Gasteiger partial charge in [0.05, 0.1) is 17.7 Å². The molecule has 40 heavy (non-hydrogen) atoms. The second kappa shape index (κ2) is 13.0. The van der Waals surface area contributed by atoms with Crippen molar-refractivity contribution < 1.29 is 22.7 Å². The highest BCUT2D eigenvalue weighted by molar-refractivity contribution is 7.92. The van der Waals surface area contributed by atoms with Crippen molar-refractivity contribution in [3.63, 3.8) is 0 Å². The summed E-state index contributed by atoms with van der Waals surface area (Å²) in [5.41, 5.74) is 1.37. The first-order valence-corrected chi connectivity index (χ1v) is 14.7. The van der Waals surface area contributed by atoms with Crippen molar-refractivity contribution in [3.05, 3.63) is 90.0 Å². The first-order valence-electron chi connectivity index (χ1n) is 13.2. The molecule has 9 heteroatoms. The summed E-state index contributed by atoms with van der Waals surface area (Å²) in [4.78, 5) is 29.1. The van der Waals surface area contributed by atoms with Gasteiger partial charge in [-0.15, -0.1) is 0 Å². The fraction of sp³-hybridized carbons (Fsp3) is 0.355. The topological polar surface area (TPSA) is 96.0 Å². The molecule has 0 aromatic heterocycles. The van der Waals surface area contributed by atoms with Crippen LogP contribution in [0.4, 0.5) is 5.69 Å². The van der Waals surface area contributed by atoms with Crippen LogP contribution in [0.3, 0.4) is 0 Å². The van der Waals surface area contributed by atoms with E-state index in [0.717, 1.165) is 9.87 Å². The van der Waals surface area contributed by atoms with E-state index in [2.05, 4.69) is 5.32 Å². The zero-order valence-corrected chi connectivity index (χ0v) is 24.9. The number of nitrogens with zero attached hydrogens (tertiary/aromatic N) is 2. The Morgan fingerprint density at radius 1 is 0.925 bits per heavy atom. The summed E-state index contributed by atoms with van der Waals surface area (Å²) < 4.78 is 34.2. The van der Waals surface area contributed by atoms with Crippen molar-refractivity contribution in [2.75, 3.05) is 18.0 Å². The molecule has 3 aromatic carbocycles. The number of hydrogen-bond acceptors (Lipinski definition) is 5. The summed E-state index contributed by atoms with van der Waals surface area (Å²) in [6.07, 6.45) is 0.347. The van der Waals surface area contributed by atoms with Crippen molar-refractivity contribution in [3.8, 4) is 5.75 Å². The number of ether oxygens (including phenoxy) is 1. The first kappa shape index (κ1) is 30.7. The van der Waals surface area contributed by atoms with Gasteiger partial charge in [-0.1, -0.05) is 55.5 Å². The van der Waals surface area contributed by atoms with Gasteiger partial charge in [-0.2, -0.15) is 0 Å². The molecule has 0 spiro atoms. The van der Waals surface area contributed by atoms with E-state index in [1.54, 1.807) is 62.6 Å². The lowest BCUT2D eigenvalue weighted by Gasteiger charge is -2.35. The third-order valence-electron chi connectivity index (χ3n) is 6.39. The summed E-state index contributed by atoms with van der Waals surface area (Å²) in [7, 11) is -2.53. The average molecular weight is 566 g/mol. The summed E-state index contributed by atoms with van der Waals surface area (Å²) in [6, 6.07) is 21.5. The molecule has 0 fully saturated rings. The van der Waals surface area contributed by atoms with Gasteiger partial charge in [0.25, 0.3) is 10.0 Å². The van der Waals surface area contributed by atoms with E-state index in [9.17, 15) is 18.0 Å². The van der Waals surface area contributed by atoms with Gasteiger partial charge in [-0.3, -0.25) is 13.9 Å². The Labute approximate surface area is 238 Å². The number of para-hydroxylation sites is 1. The average Bonchev–Trinajstić information content (AvgIpc) is 2.91. The van der Waals surface area contributed by atoms with E-state index in [0.29, 0.717) is 23.4 Å². The molecule has 0 aliphatic heterocycles. The SMILES string of the molecule is CC[C@H](C(=O)NC(C)(C)C)N(Cc1ccc(OC)cc1)C(=O)CN(c1ccccc1C)S(=O)(=O)c1ccccc1. The quantitative estimate of drug-likeness (QED) is 0.356. The van der Waals surface area contributed by atoms with E-state index in [1.165, 1.54) is 17.0 Å². The lowest BCUT2D eigenvalue weighted by Crippen LogP contribution is -2.55. The molecule has 0 bridgehead atoms. The number of amides is 2. The van der Waals surface area contributed by atoms with E-state index in [4.69, 9.17) is 4.74 Å². The lowest BCUT2D eigenvalue weighted by molar-refractivity contribution is -0.141. The smallest absolute Gasteiger partial charge is 0.264 e. The Morgan fingerprint density at radius 2 is 1.52 bits per heavy atom. The number of anilines is 1. The predicted octanol–water partition coefficient (Wildman–Crippen LogP) is 4.92. The first-order chi connectivity index (χ1) is 18.9. The molecule has 0 saturated heterocycles. The normalized spacial score (nSPS) is 12.3. The molecular formula is C31H39N3O5S. The van der Waals surface area contributed by atoms with Gasteiger partial charge in [0.2, 0.25) is 11.8 Å². The van der Waals surface area contributed by atoms with Gasteiger partial charge in [0, 0.05) is 12.1 Å². The minimum atomic E-state index is -4.10. The Kier molecular flexibility index (Phi) is 9.98. The van der Waals surface area contributed by atoms with Crippen LogP contribution in [0, 0.1) is 6.92 Å². The standard InChI is InChI=1S/C31H39N3O5S/c1-7-27(30(36)32-31(3,4)5)33(21-24-17-19-25(39-6)20-18-24)29(35)22-34(28-16-12-11-13-23(28)2)40(37,38)26-14-9-8-10-15-26/h8-20,27H,7,21-22H2,1-6H3,(H,32,36)/t27-/m1/s1. The molecule has 3 aromatic rings. The minimum Gasteiger partial charge on any atom is -0.497 e. The molecule has 214 valence electrons. The van der Waals surface area contributed by atoms with Crippen LogP contribution in [0.15, 0.2) is 83.8 Å². The van der Waals surface area contributed by atoms with Crippen LogP contribution in [0.2, 0.25) is 0 Å². The maximum atomic E-state index is 14.1. The van der Waals surface area contributed by atoms with Crippen LogP contribution in [0.1, 0.15) is 45.2 Å². The molecule has 0 aliphatic carbocycles. The molecule has 1 atom stereocenters. The van der Waals surface area contributed by atoms with Crippen molar-refractivity contribution in [1.82, 2.24) is 10.2 Å².